The lowest BCUT2D eigenvalue weighted by atomic mass is 10.2. The van der Waals surface area contributed by atoms with Crippen LogP contribution in [0.15, 0.2) is 52.3 Å². The molecule has 1 N–H and O–H groups in total. The minimum Gasteiger partial charge on any atom is -0.482 e. The Labute approximate surface area is 189 Å². The molecule has 0 fully saturated rings. The maximum Gasteiger partial charge on any atom is 0.416 e. The molecule has 0 saturated carbocycles. The molecular formula is C21H24F3NO5S2. The number of benzene rings is 2. The number of halogens is 3. The van der Waals surface area contributed by atoms with Crippen molar-refractivity contribution in [3.8, 4) is 5.75 Å². The van der Waals surface area contributed by atoms with E-state index in [4.69, 9.17) is 9.84 Å². The van der Waals surface area contributed by atoms with E-state index in [1.165, 1.54) is 16.1 Å². The number of hydrogen-bond acceptors (Lipinski definition) is 5. The molecule has 6 nitrogen and oxygen atoms in total. The minimum absolute atomic E-state index is 0.179. The molecule has 32 heavy (non-hydrogen) atoms. The van der Waals surface area contributed by atoms with Crippen LogP contribution in [0.25, 0.3) is 0 Å². The van der Waals surface area contributed by atoms with E-state index in [0.29, 0.717) is 17.9 Å². The van der Waals surface area contributed by atoms with Crippen LogP contribution in [0.5, 0.6) is 5.75 Å². The number of carbonyl (C=O) groups is 1. The van der Waals surface area contributed by atoms with Gasteiger partial charge in [0, 0.05) is 23.7 Å². The molecule has 11 heteroatoms. The van der Waals surface area contributed by atoms with E-state index in [-0.39, 0.29) is 18.0 Å². The molecule has 2 rings (SSSR count). The van der Waals surface area contributed by atoms with Crippen LogP contribution in [0.2, 0.25) is 0 Å². The second kappa shape index (κ2) is 11.1. The lowest BCUT2D eigenvalue weighted by Crippen LogP contribution is -2.33. The van der Waals surface area contributed by atoms with Gasteiger partial charge in [0.15, 0.2) is 6.61 Å². The highest BCUT2D eigenvalue weighted by Gasteiger charge is 2.31. The van der Waals surface area contributed by atoms with E-state index < -0.39 is 34.3 Å². The molecule has 0 aliphatic rings. The summed E-state index contributed by atoms with van der Waals surface area (Å²) in [6.07, 6.45) is -3.98. The van der Waals surface area contributed by atoms with Gasteiger partial charge in [-0.05, 0) is 61.4 Å². The zero-order valence-electron chi connectivity index (χ0n) is 17.6. The van der Waals surface area contributed by atoms with Gasteiger partial charge < -0.3 is 9.84 Å². The summed E-state index contributed by atoms with van der Waals surface area (Å²) in [5.74, 6) is -0.198. The largest absolute Gasteiger partial charge is 0.482 e. The van der Waals surface area contributed by atoms with Gasteiger partial charge in [-0.15, -0.1) is 11.8 Å². The zero-order chi connectivity index (χ0) is 23.9. The third-order valence-electron chi connectivity index (χ3n) is 4.40. The van der Waals surface area contributed by atoms with E-state index in [1.54, 1.807) is 19.1 Å². The van der Waals surface area contributed by atoms with Gasteiger partial charge in [-0.2, -0.15) is 17.5 Å². The Morgan fingerprint density at radius 2 is 1.78 bits per heavy atom. The topological polar surface area (TPSA) is 83.9 Å². The van der Waals surface area contributed by atoms with Crippen molar-refractivity contribution >= 4 is 27.8 Å². The van der Waals surface area contributed by atoms with Crippen LogP contribution in [-0.4, -0.2) is 49.2 Å². The molecule has 0 unspecified atom stereocenters. The molecule has 0 atom stereocenters. The number of carboxylic acid groups (broad SMARTS) is 1. The number of rotatable bonds is 11. The third kappa shape index (κ3) is 7.14. The minimum atomic E-state index is -4.53. The van der Waals surface area contributed by atoms with E-state index >= 15 is 0 Å². The predicted molar refractivity (Wildman–Crippen MR) is 116 cm³/mol. The van der Waals surface area contributed by atoms with Crippen LogP contribution in [0.3, 0.4) is 0 Å². The van der Waals surface area contributed by atoms with Crippen molar-refractivity contribution in [3.05, 3.63) is 53.6 Å². The lowest BCUT2D eigenvalue weighted by Gasteiger charge is -2.22. The first-order valence-electron chi connectivity index (χ1n) is 9.70. The van der Waals surface area contributed by atoms with Crippen molar-refractivity contribution < 1.29 is 36.2 Å². The van der Waals surface area contributed by atoms with Gasteiger partial charge in [0.25, 0.3) is 0 Å². The molecule has 0 radical (unpaired) electrons. The predicted octanol–water partition coefficient (Wildman–Crippen LogP) is 4.67. The van der Waals surface area contributed by atoms with E-state index in [9.17, 15) is 26.4 Å². The van der Waals surface area contributed by atoms with Crippen LogP contribution in [-0.2, 0) is 21.0 Å². The van der Waals surface area contributed by atoms with Gasteiger partial charge in [-0.25, -0.2) is 13.2 Å². The summed E-state index contributed by atoms with van der Waals surface area (Å²) in [7, 11) is -3.93. The van der Waals surface area contributed by atoms with Crippen LogP contribution in [0.4, 0.5) is 13.2 Å². The molecule has 0 spiro atoms. The van der Waals surface area contributed by atoms with Crippen LogP contribution < -0.4 is 4.74 Å². The van der Waals surface area contributed by atoms with Crippen LogP contribution in [0.1, 0.15) is 24.5 Å². The van der Waals surface area contributed by atoms with Crippen molar-refractivity contribution in [2.45, 2.75) is 36.2 Å². The van der Waals surface area contributed by atoms with Crippen molar-refractivity contribution in [1.82, 2.24) is 4.31 Å². The summed E-state index contributed by atoms with van der Waals surface area (Å²) in [6.45, 7) is 3.57. The number of alkyl halides is 3. The molecule has 0 aromatic heterocycles. The number of hydrogen-bond donors (Lipinski definition) is 1. The Morgan fingerprint density at radius 3 is 2.31 bits per heavy atom. The van der Waals surface area contributed by atoms with Crippen molar-refractivity contribution in [3.63, 3.8) is 0 Å². The summed E-state index contributed by atoms with van der Waals surface area (Å²) < 4.78 is 70.6. The monoisotopic (exact) mass is 491 g/mol. The summed E-state index contributed by atoms with van der Waals surface area (Å²) in [6, 6.07) is 8.72. The Hall–Kier alpha value is -2.24. The first-order chi connectivity index (χ1) is 14.9. The Balaban J connectivity index is 2.05. The number of aryl methyl sites for hydroxylation is 1. The van der Waals surface area contributed by atoms with Crippen molar-refractivity contribution in [2.75, 3.05) is 25.4 Å². The fourth-order valence-corrected chi connectivity index (χ4v) is 5.47. The number of aliphatic carboxylic acids is 1. The highest BCUT2D eigenvalue weighted by molar-refractivity contribution is 7.99. The van der Waals surface area contributed by atoms with Crippen LogP contribution in [0, 0.1) is 6.92 Å². The summed E-state index contributed by atoms with van der Waals surface area (Å²) >= 11 is 1.41. The van der Waals surface area contributed by atoms with Crippen molar-refractivity contribution in [2.24, 2.45) is 0 Å². The molecule has 2 aromatic rings. The van der Waals surface area contributed by atoms with Gasteiger partial charge >= 0.3 is 12.1 Å². The van der Waals surface area contributed by atoms with Crippen molar-refractivity contribution in [1.29, 1.82) is 0 Å². The highest BCUT2D eigenvalue weighted by atomic mass is 32.2. The summed E-state index contributed by atoms with van der Waals surface area (Å²) in [5.41, 5.74) is -0.153. The molecule has 0 bridgehead atoms. The second-order valence-electron chi connectivity index (χ2n) is 6.88. The maximum absolute atomic E-state index is 12.9. The van der Waals surface area contributed by atoms with E-state index in [1.807, 2.05) is 13.0 Å². The smallest absolute Gasteiger partial charge is 0.416 e. The third-order valence-corrected chi connectivity index (χ3v) is 7.29. The summed E-state index contributed by atoms with van der Waals surface area (Å²) in [4.78, 5) is 11.3. The Bertz CT molecular complexity index is 1020. The quantitative estimate of drug-likeness (QED) is 0.460. The average Bonchev–Trinajstić information content (AvgIpc) is 2.71. The molecule has 176 valence electrons. The fraction of sp³-hybridized carbons (Fsp3) is 0.381. The maximum atomic E-state index is 12.9. The number of carboxylic acids is 1. The second-order valence-corrected chi connectivity index (χ2v) is 9.99. The normalized spacial score (nSPS) is 12.2. The SMILES string of the molecule is CCCN(CCSc1ccc(OCC(=O)O)c(C)c1)S(=O)(=O)c1ccc(C(F)(F)F)cc1. The lowest BCUT2D eigenvalue weighted by molar-refractivity contribution is -0.139. The van der Waals surface area contributed by atoms with Crippen LogP contribution >= 0.6 is 11.8 Å². The van der Waals surface area contributed by atoms with Gasteiger partial charge in [-0.1, -0.05) is 6.92 Å². The molecule has 2 aromatic carbocycles. The molecular weight excluding hydrogens is 467 g/mol. The molecule has 0 amide bonds. The molecule has 0 saturated heterocycles. The van der Waals surface area contributed by atoms with Gasteiger partial charge in [0.2, 0.25) is 10.0 Å². The number of ether oxygens (including phenoxy) is 1. The Morgan fingerprint density at radius 1 is 1.12 bits per heavy atom. The molecule has 0 aliphatic heterocycles. The molecule has 0 heterocycles. The number of nitrogens with zero attached hydrogens (tertiary/aromatic N) is 1. The van der Waals surface area contributed by atoms with E-state index in [2.05, 4.69) is 0 Å². The first-order valence-corrected chi connectivity index (χ1v) is 12.1. The average molecular weight is 492 g/mol. The van der Waals surface area contributed by atoms with Gasteiger partial charge in [-0.3, -0.25) is 0 Å². The number of sulfonamides is 1. The fourth-order valence-electron chi connectivity index (χ4n) is 2.84. The van der Waals surface area contributed by atoms with Gasteiger partial charge in [0.1, 0.15) is 5.75 Å². The Kier molecular flexibility index (Phi) is 8.99. The first kappa shape index (κ1) is 26.0. The highest BCUT2D eigenvalue weighted by Crippen LogP contribution is 2.30. The zero-order valence-corrected chi connectivity index (χ0v) is 19.2. The standard InChI is InChI=1S/C21H24F3NO5S2/c1-3-10-25(32(28,29)18-7-4-16(5-8-18)21(22,23)24)11-12-31-17-6-9-19(15(2)13-17)30-14-20(26)27/h4-9,13H,3,10-12,14H2,1-2H3,(H,26,27). The molecule has 0 aliphatic carbocycles. The number of thioether (sulfide) groups is 1. The van der Waals surface area contributed by atoms with E-state index in [0.717, 1.165) is 34.7 Å². The summed E-state index contributed by atoms with van der Waals surface area (Å²) in [5, 5.41) is 8.70. The van der Waals surface area contributed by atoms with Gasteiger partial charge in [0.05, 0.1) is 10.5 Å².